The first-order valence-electron chi connectivity index (χ1n) is 7.19. The van der Waals surface area contributed by atoms with Gasteiger partial charge in [0.15, 0.2) is 0 Å². The van der Waals surface area contributed by atoms with Crippen molar-refractivity contribution in [1.82, 2.24) is 5.32 Å². The van der Waals surface area contributed by atoms with E-state index in [9.17, 15) is 0 Å². The van der Waals surface area contributed by atoms with E-state index in [-0.39, 0.29) is 0 Å². The highest BCUT2D eigenvalue weighted by molar-refractivity contribution is 7.12. The third-order valence-electron chi connectivity index (χ3n) is 4.02. The van der Waals surface area contributed by atoms with Crippen LogP contribution in [0.3, 0.4) is 0 Å². The van der Waals surface area contributed by atoms with Crippen LogP contribution in [-0.4, -0.2) is 7.05 Å². The van der Waals surface area contributed by atoms with Gasteiger partial charge in [-0.1, -0.05) is 30.3 Å². The Bertz CT molecular complexity index is 508. The molecule has 0 amide bonds. The lowest BCUT2D eigenvalue weighted by Crippen LogP contribution is -2.16. The molecule has 3 rings (SSSR count). The highest BCUT2D eigenvalue weighted by Gasteiger charge is 2.19. The smallest absolute Gasteiger partial charge is 0.0415 e. The van der Waals surface area contributed by atoms with E-state index >= 15 is 0 Å². The van der Waals surface area contributed by atoms with Gasteiger partial charge in [-0.25, -0.2) is 0 Å². The molecule has 1 aromatic carbocycles. The van der Waals surface area contributed by atoms with Gasteiger partial charge in [0.05, 0.1) is 0 Å². The van der Waals surface area contributed by atoms with Crippen molar-refractivity contribution in [3.05, 3.63) is 57.3 Å². The fraction of sp³-hybridized carbons (Fsp3) is 0.412. The molecular weight excluding hydrogens is 250 g/mol. The van der Waals surface area contributed by atoms with Gasteiger partial charge < -0.3 is 5.32 Å². The van der Waals surface area contributed by atoms with E-state index in [4.69, 9.17) is 0 Å². The Labute approximate surface area is 119 Å². The minimum absolute atomic E-state index is 0.510. The van der Waals surface area contributed by atoms with Crippen LogP contribution in [0.25, 0.3) is 0 Å². The lowest BCUT2D eigenvalue weighted by atomic mass is 10.0. The van der Waals surface area contributed by atoms with Crippen molar-refractivity contribution < 1.29 is 0 Å². The molecule has 100 valence electrons. The van der Waals surface area contributed by atoms with Crippen LogP contribution in [0, 0.1) is 0 Å². The van der Waals surface area contributed by atoms with Gasteiger partial charge in [0.2, 0.25) is 0 Å². The third kappa shape index (κ3) is 2.90. The summed E-state index contributed by atoms with van der Waals surface area (Å²) in [7, 11) is 2.08. The standard InChI is InChI=1S/C17H21NS/c1-18-15(11-10-13-6-3-2-4-7-13)17-12-14-8-5-9-16(14)19-17/h2-4,6-7,12,15,18H,5,8-11H2,1H3. The number of rotatable bonds is 5. The van der Waals surface area contributed by atoms with Crippen LogP contribution < -0.4 is 5.32 Å². The van der Waals surface area contributed by atoms with Crippen LogP contribution in [0.5, 0.6) is 0 Å². The average molecular weight is 271 g/mol. The number of hydrogen-bond donors (Lipinski definition) is 1. The second-order valence-corrected chi connectivity index (χ2v) is 6.48. The van der Waals surface area contributed by atoms with E-state index < -0.39 is 0 Å². The number of nitrogens with one attached hydrogen (secondary N) is 1. The Balaban J connectivity index is 1.67. The minimum Gasteiger partial charge on any atom is -0.312 e. The first-order chi connectivity index (χ1) is 9.36. The predicted octanol–water partition coefficient (Wildman–Crippen LogP) is 4.13. The zero-order valence-electron chi connectivity index (χ0n) is 11.5. The Morgan fingerprint density at radius 3 is 2.79 bits per heavy atom. The molecule has 2 aromatic rings. The molecule has 0 saturated heterocycles. The fourth-order valence-electron chi connectivity index (χ4n) is 2.91. The second kappa shape index (κ2) is 5.89. The lowest BCUT2D eigenvalue weighted by molar-refractivity contribution is 0.557. The molecule has 1 N–H and O–H groups in total. The Morgan fingerprint density at radius 1 is 1.21 bits per heavy atom. The second-order valence-electron chi connectivity index (χ2n) is 5.32. The summed E-state index contributed by atoms with van der Waals surface area (Å²) in [5.74, 6) is 0. The van der Waals surface area contributed by atoms with Crippen LogP contribution in [0.2, 0.25) is 0 Å². The number of hydrogen-bond acceptors (Lipinski definition) is 2. The van der Waals surface area contributed by atoms with Crippen LogP contribution in [0.15, 0.2) is 36.4 Å². The summed E-state index contributed by atoms with van der Waals surface area (Å²) in [5, 5.41) is 3.49. The Hall–Kier alpha value is -1.12. The first-order valence-corrected chi connectivity index (χ1v) is 8.01. The summed E-state index contributed by atoms with van der Waals surface area (Å²) < 4.78 is 0. The molecule has 0 bridgehead atoms. The maximum absolute atomic E-state index is 3.49. The average Bonchev–Trinajstić information content (AvgIpc) is 3.02. The van der Waals surface area contributed by atoms with Crippen molar-refractivity contribution in [2.75, 3.05) is 7.05 Å². The monoisotopic (exact) mass is 271 g/mol. The SMILES string of the molecule is CNC(CCc1ccccc1)c1cc2c(s1)CCC2. The molecule has 19 heavy (non-hydrogen) atoms. The summed E-state index contributed by atoms with van der Waals surface area (Å²) in [4.78, 5) is 3.16. The molecule has 1 aliphatic carbocycles. The van der Waals surface area contributed by atoms with E-state index in [2.05, 4.69) is 48.8 Å². The molecule has 1 aliphatic rings. The summed E-state index contributed by atoms with van der Waals surface area (Å²) >= 11 is 2.03. The van der Waals surface area contributed by atoms with E-state index in [0.717, 1.165) is 6.42 Å². The third-order valence-corrected chi connectivity index (χ3v) is 5.37. The van der Waals surface area contributed by atoms with E-state index in [1.807, 2.05) is 11.3 Å². The molecule has 2 heteroatoms. The molecular formula is C17H21NS. The molecule has 0 saturated carbocycles. The van der Waals surface area contributed by atoms with Gasteiger partial charge in [-0.05, 0) is 56.3 Å². The maximum Gasteiger partial charge on any atom is 0.0415 e. The number of aryl methyl sites for hydroxylation is 3. The molecule has 0 spiro atoms. The van der Waals surface area contributed by atoms with Crippen LogP contribution in [0.1, 0.15) is 39.8 Å². The predicted molar refractivity (Wildman–Crippen MR) is 82.9 cm³/mol. The summed E-state index contributed by atoms with van der Waals surface area (Å²) in [6.07, 6.45) is 6.28. The van der Waals surface area contributed by atoms with Gasteiger partial charge in [0.1, 0.15) is 0 Å². The van der Waals surface area contributed by atoms with Crippen molar-refractivity contribution in [2.24, 2.45) is 0 Å². The lowest BCUT2D eigenvalue weighted by Gasteiger charge is -2.14. The minimum atomic E-state index is 0.510. The molecule has 0 aliphatic heterocycles. The van der Waals surface area contributed by atoms with Gasteiger partial charge in [-0.3, -0.25) is 0 Å². The van der Waals surface area contributed by atoms with Gasteiger partial charge in [-0.2, -0.15) is 0 Å². The van der Waals surface area contributed by atoms with Gasteiger partial charge in [-0.15, -0.1) is 11.3 Å². The summed E-state index contributed by atoms with van der Waals surface area (Å²) in [6, 6.07) is 13.7. The van der Waals surface area contributed by atoms with Crippen molar-refractivity contribution in [3.63, 3.8) is 0 Å². The van der Waals surface area contributed by atoms with Crippen molar-refractivity contribution in [2.45, 2.75) is 38.1 Å². The number of benzene rings is 1. The van der Waals surface area contributed by atoms with Gasteiger partial charge in [0, 0.05) is 15.8 Å². The Kier molecular flexibility index (Phi) is 4.00. The molecule has 1 nitrogen and oxygen atoms in total. The van der Waals surface area contributed by atoms with Crippen molar-refractivity contribution >= 4 is 11.3 Å². The molecule has 0 fully saturated rings. The zero-order valence-corrected chi connectivity index (χ0v) is 12.3. The highest BCUT2D eigenvalue weighted by Crippen LogP contribution is 2.35. The topological polar surface area (TPSA) is 12.0 Å². The summed E-state index contributed by atoms with van der Waals surface area (Å²) in [6.45, 7) is 0. The van der Waals surface area contributed by atoms with Gasteiger partial charge in [0.25, 0.3) is 0 Å². The van der Waals surface area contributed by atoms with Crippen LogP contribution >= 0.6 is 11.3 Å². The van der Waals surface area contributed by atoms with Gasteiger partial charge >= 0.3 is 0 Å². The van der Waals surface area contributed by atoms with E-state index in [0.29, 0.717) is 6.04 Å². The number of thiophene rings is 1. The van der Waals surface area contributed by atoms with Crippen LogP contribution in [0.4, 0.5) is 0 Å². The molecule has 0 radical (unpaired) electrons. The molecule has 1 unspecified atom stereocenters. The normalized spacial score (nSPS) is 15.4. The Morgan fingerprint density at radius 2 is 2.05 bits per heavy atom. The first kappa shape index (κ1) is 12.9. The van der Waals surface area contributed by atoms with E-state index in [1.54, 1.807) is 10.4 Å². The van der Waals surface area contributed by atoms with Crippen molar-refractivity contribution in [3.8, 4) is 0 Å². The maximum atomic E-state index is 3.49. The van der Waals surface area contributed by atoms with Crippen LogP contribution in [-0.2, 0) is 19.3 Å². The largest absolute Gasteiger partial charge is 0.312 e. The summed E-state index contributed by atoms with van der Waals surface area (Å²) in [5.41, 5.74) is 3.05. The van der Waals surface area contributed by atoms with E-state index in [1.165, 1.54) is 36.1 Å². The van der Waals surface area contributed by atoms with Crippen molar-refractivity contribution in [1.29, 1.82) is 0 Å². The molecule has 1 atom stereocenters. The fourth-order valence-corrected chi connectivity index (χ4v) is 4.31. The number of fused-ring (bicyclic) bond motifs is 1. The zero-order chi connectivity index (χ0) is 13.1. The highest BCUT2D eigenvalue weighted by atomic mass is 32.1. The molecule has 1 heterocycles. The quantitative estimate of drug-likeness (QED) is 0.862. The molecule has 1 aromatic heterocycles.